The molecule has 0 spiro atoms. The number of aliphatic imine (C=N–C) groups is 1. The van der Waals surface area contributed by atoms with Gasteiger partial charge in [-0.2, -0.15) is 0 Å². The Kier molecular flexibility index (Phi) is 8.15. The summed E-state index contributed by atoms with van der Waals surface area (Å²) in [6.07, 6.45) is 1.74. The highest BCUT2D eigenvalue weighted by Crippen LogP contribution is 2.25. The Balaban J connectivity index is 1.87. The number of hydrogen-bond donors (Lipinski definition) is 0. The van der Waals surface area contributed by atoms with Gasteiger partial charge in [0.2, 0.25) is 0 Å². The van der Waals surface area contributed by atoms with Gasteiger partial charge in [0, 0.05) is 11.4 Å². The van der Waals surface area contributed by atoms with Crippen molar-refractivity contribution in [2.24, 2.45) is 4.99 Å². The molecular formula is C26H26N2O4. The monoisotopic (exact) mass is 430 g/mol. The van der Waals surface area contributed by atoms with Crippen molar-refractivity contribution >= 4 is 29.7 Å². The lowest BCUT2D eigenvalue weighted by atomic mass is 10.1. The maximum atomic E-state index is 12.0. The van der Waals surface area contributed by atoms with E-state index >= 15 is 0 Å². The van der Waals surface area contributed by atoms with Crippen LogP contribution in [0.3, 0.4) is 0 Å². The second-order valence-electron chi connectivity index (χ2n) is 6.85. The molecule has 164 valence electrons. The van der Waals surface area contributed by atoms with Crippen molar-refractivity contribution in [3.63, 3.8) is 0 Å². The van der Waals surface area contributed by atoms with Crippen LogP contribution < -0.4 is 4.90 Å². The van der Waals surface area contributed by atoms with Gasteiger partial charge in [-0.3, -0.25) is 4.99 Å². The topological polar surface area (TPSA) is 68.2 Å². The summed E-state index contributed by atoms with van der Waals surface area (Å²) in [6, 6.07) is 24.2. The van der Waals surface area contributed by atoms with Gasteiger partial charge in [-0.1, -0.05) is 30.3 Å². The number of carbonyl (C=O) groups is 2. The molecule has 0 aliphatic rings. The van der Waals surface area contributed by atoms with Crippen LogP contribution in [0.15, 0.2) is 83.9 Å². The normalized spacial score (nSPS) is 10.7. The Morgan fingerprint density at radius 2 is 1.22 bits per heavy atom. The summed E-state index contributed by atoms with van der Waals surface area (Å²) in [5.74, 6) is -0.718. The zero-order chi connectivity index (χ0) is 22.8. The van der Waals surface area contributed by atoms with E-state index in [4.69, 9.17) is 9.47 Å². The van der Waals surface area contributed by atoms with Crippen LogP contribution in [0.4, 0.5) is 11.4 Å². The molecule has 0 saturated carbocycles. The van der Waals surface area contributed by atoms with Gasteiger partial charge < -0.3 is 14.4 Å². The number of benzene rings is 3. The molecule has 0 N–H and O–H groups in total. The van der Waals surface area contributed by atoms with E-state index in [0.29, 0.717) is 30.9 Å². The zero-order valence-corrected chi connectivity index (χ0v) is 18.2. The third-order valence-corrected chi connectivity index (χ3v) is 4.63. The fraction of sp³-hybridized carbons (Fsp3) is 0.192. The van der Waals surface area contributed by atoms with Gasteiger partial charge in [0.25, 0.3) is 0 Å². The van der Waals surface area contributed by atoms with E-state index in [0.717, 1.165) is 16.9 Å². The van der Waals surface area contributed by atoms with E-state index in [2.05, 4.69) is 4.99 Å². The van der Waals surface area contributed by atoms with Crippen LogP contribution in [-0.2, 0) is 16.0 Å². The molecule has 0 saturated heterocycles. The highest BCUT2D eigenvalue weighted by molar-refractivity contribution is 5.94. The van der Waals surface area contributed by atoms with Crippen LogP contribution in [0.5, 0.6) is 0 Å². The summed E-state index contributed by atoms with van der Waals surface area (Å²) in [5.41, 5.74) is 3.69. The second kappa shape index (κ2) is 11.5. The maximum absolute atomic E-state index is 12.0. The van der Waals surface area contributed by atoms with Crippen molar-refractivity contribution in [3.8, 4) is 0 Å². The van der Waals surface area contributed by atoms with Crippen molar-refractivity contribution in [2.45, 2.75) is 20.4 Å². The van der Waals surface area contributed by atoms with Crippen LogP contribution >= 0.6 is 0 Å². The number of ether oxygens (including phenoxy) is 2. The molecule has 0 aliphatic heterocycles. The summed E-state index contributed by atoms with van der Waals surface area (Å²) in [7, 11) is 0. The lowest BCUT2D eigenvalue weighted by molar-refractivity contribution is 0.0517. The highest BCUT2D eigenvalue weighted by Gasteiger charge is 2.12. The van der Waals surface area contributed by atoms with Crippen molar-refractivity contribution in [1.29, 1.82) is 0 Å². The van der Waals surface area contributed by atoms with Crippen molar-refractivity contribution in [2.75, 3.05) is 18.1 Å². The Morgan fingerprint density at radius 1 is 0.750 bits per heavy atom. The van der Waals surface area contributed by atoms with Crippen LogP contribution in [0, 0.1) is 0 Å². The van der Waals surface area contributed by atoms with Gasteiger partial charge >= 0.3 is 11.9 Å². The molecular weight excluding hydrogens is 404 g/mol. The number of anilines is 2. The van der Waals surface area contributed by atoms with E-state index in [1.54, 1.807) is 44.5 Å². The van der Waals surface area contributed by atoms with E-state index in [1.807, 2.05) is 59.5 Å². The second-order valence-corrected chi connectivity index (χ2v) is 6.85. The van der Waals surface area contributed by atoms with Gasteiger partial charge in [-0.25, -0.2) is 9.59 Å². The predicted molar refractivity (Wildman–Crippen MR) is 126 cm³/mol. The minimum Gasteiger partial charge on any atom is -0.462 e. The van der Waals surface area contributed by atoms with Crippen LogP contribution in [-0.4, -0.2) is 31.5 Å². The smallest absolute Gasteiger partial charge is 0.338 e. The lowest BCUT2D eigenvalue weighted by Gasteiger charge is -2.20. The Labute approximate surface area is 188 Å². The van der Waals surface area contributed by atoms with E-state index in [-0.39, 0.29) is 11.9 Å². The first-order valence-corrected chi connectivity index (χ1v) is 10.5. The summed E-state index contributed by atoms with van der Waals surface area (Å²) in [5, 5.41) is 0. The molecule has 3 rings (SSSR count). The van der Waals surface area contributed by atoms with E-state index in [1.165, 1.54) is 0 Å². The van der Waals surface area contributed by atoms with Crippen molar-refractivity contribution < 1.29 is 19.1 Å². The average Bonchev–Trinajstić information content (AvgIpc) is 2.83. The fourth-order valence-corrected chi connectivity index (χ4v) is 3.04. The molecule has 6 nitrogen and oxygen atoms in total. The molecule has 0 unspecified atom stereocenters. The number of rotatable bonds is 9. The fourth-order valence-electron chi connectivity index (χ4n) is 3.04. The molecule has 0 aromatic heterocycles. The Bertz CT molecular complexity index is 984. The SMILES string of the molecule is CCOC(=O)c1ccc(N(C=NCc2ccccc2)c2ccc(C(=O)OCC)cc2)cc1. The Hall–Kier alpha value is -3.93. The van der Waals surface area contributed by atoms with E-state index < -0.39 is 0 Å². The molecule has 0 atom stereocenters. The number of hydrogen-bond acceptors (Lipinski definition) is 5. The number of esters is 2. The van der Waals surface area contributed by atoms with Crippen molar-refractivity contribution in [1.82, 2.24) is 0 Å². The largest absolute Gasteiger partial charge is 0.462 e. The van der Waals surface area contributed by atoms with E-state index in [9.17, 15) is 9.59 Å². The van der Waals surface area contributed by atoms with Gasteiger partial charge in [-0.15, -0.1) is 0 Å². The molecule has 3 aromatic carbocycles. The first kappa shape index (κ1) is 22.7. The Morgan fingerprint density at radius 3 is 1.66 bits per heavy atom. The highest BCUT2D eigenvalue weighted by atomic mass is 16.5. The quantitative estimate of drug-likeness (QED) is 0.258. The van der Waals surface area contributed by atoms with Gasteiger partial charge in [0.05, 0.1) is 37.2 Å². The molecule has 3 aromatic rings. The number of carbonyl (C=O) groups excluding carboxylic acids is 2. The third kappa shape index (κ3) is 6.04. The summed E-state index contributed by atoms with van der Waals surface area (Å²) < 4.78 is 10.1. The molecule has 0 radical (unpaired) electrons. The zero-order valence-electron chi connectivity index (χ0n) is 18.2. The third-order valence-electron chi connectivity index (χ3n) is 4.63. The standard InChI is InChI=1S/C26H26N2O4/c1-3-31-25(29)21-10-14-23(15-11-21)28(19-27-18-20-8-6-5-7-9-20)24-16-12-22(13-17-24)26(30)32-4-2/h5-17,19H,3-4,18H2,1-2H3. The molecule has 0 heterocycles. The van der Waals surface area contributed by atoms with Crippen LogP contribution in [0.25, 0.3) is 0 Å². The maximum Gasteiger partial charge on any atom is 0.338 e. The van der Waals surface area contributed by atoms with Gasteiger partial charge in [0.15, 0.2) is 0 Å². The first-order valence-electron chi connectivity index (χ1n) is 10.5. The molecule has 0 fully saturated rings. The summed E-state index contributed by atoms with van der Waals surface area (Å²) in [4.78, 5) is 30.4. The first-order chi connectivity index (χ1) is 15.6. The van der Waals surface area contributed by atoms with Gasteiger partial charge in [0.1, 0.15) is 0 Å². The van der Waals surface area contributed by atoms with Crippen LogP contribution in [0.1, 0.15) is 40.1 Å². The summed E-state index contributed by atoms with van der Waals surface area (Å²) in [6.45, 7) is 4.73. The predicted octanol–water partition coefficient (Wildman–Crippen LogP) is 5.41. The molecule has 32 heavy (non-hydrogen) atoms. The van der Waals surface area contributed by atoms with Crippen molar-refractivity contribution in [3.05, 3.63) is 95.6 Å². The molecule has 6 heteroatoms. The average molecular weight is 431 g/mol. The summed E-state index contributed by atoms with van der Waals surface area (Å²) >= 11 is 0. The molecule has 0 amide bonds. The molecule has 0 aliphatic carbocycles. The number of nitrogens with zero attached hydrogens (tertiary/aromatic N) is 2. The van der Waals surface area contributed by atoms with Gasteiger partial charge in [-0.05, 0) is 67.9 Å². The minimum absolute atomic E-state index is 0.325. The minimum atomic E-state index is -0.359. The lowest BCUT2D eigenvalue weighted by Crippen LogP contribution is -2.15. The van der Waals surface area contributed by atoms with Crippen LogP contribution in [0.2, 0.25) is 0 Å². The molecule has 0 bridgehead atoms.